The molecule has 1 aromatic carbocycles. The van der Waals surface area contributed by atoms with E-state index in [0.717, 1.165) is 18.2 Å². The minimum Gasteiger partial charge on any atom is -0.263 e. The number of rotatable bonds is 4. The van der Waals surface area contributed by atoms with Gasteiger partial charge in [0.05, 0.1) is 4.92 Å². The second-order valence-corrected chi connectivity index (χ2v) is 7.84. The molecular formula is C18H23ClN4O2. The van der Waals surface area contributed by atoms with E-state index in [2.05, 4.69) is 36.0 Å². The normalized spacial score (nSPS) is 26.6. The number of hydrogen-bond acceptors (Lipinski definition) is 4. The third-order valence-corrected chi connectivity index (χ3v) is 5.69. The zero-order valence-electron chi connectivity index (χ0n) is 14.7. The van der Waals surface area contributed by atoms with Crippen molar-refractivity contribution < 1.29 is 4.92 Å². The lowest BCUT2D eigenvalue weighted by molar-refractivity contribution is -0.384. The van der Waals surface area contributed by atoms with E-state index in [9.17, 15) is 10.1 Å². The summed E-state index contributed by atoms with van der Waals surface area (Å²) in [4.78, 5) is 15.1. The molecule has 1 fully saturated rings. The fraction of sp³-hybridized carbons (Fsp3) is 0.556. The van der Waals surface area contributed by atoms with Gasteiger partial charge < -0.3 is 0 Å². The quantitative estimate of drug-likeness (QED) is 0.619. The highest BCUT2D eigenvalue weighted by molar-refractivity contribution is 6.32. The molecule has 1 saturated carbocycles. The van der Waals surface area contributed by atoms with Crippen LogP contribution in [0.25, 0.3) is 11.4 Å². The number of H-pyrrole nitrogens is 1. The molecule has 0 radical (unpaired) electrons. The molecule has 1 aromatic heterocycles. The zero-order valence-corrected chi connectivity index (χ0v) is 15.5. The summed E-state index contributed by atoms with van der Waals surface area (Å²) < 4.78 is 0. The smallest absolute Gasteiger partial charge is 0.263 e. The summed E-state index contributed by atoms with van der Waals surface area (Å²) in [6.45, 7) is 6.95. The van der Waals surface area contributed by atoms with Crippen molar-refractivity contribution in [3.63, 3.8) is 0 Å². The lowest BCUT2D eigenvalue weighted by atomic mass is 9.68. The molecule has 0 spiro atoms. The zero-order chi connectivity index (χ0) is 18.1. The average Bonchev–Trinajstić information content (AvgIpc) is 2.99. The number of benzene rings is 1. The van der Waals surface area contributed by atoms with Crippen molar-refractivity contribution >= 4 is 17.3 Å². The van der Waals surface area contributed by atoms with Gasteiger partial charge in [-0.2, -0.15) is 5.10 Å². The molecule has 0 amide bonds. The van der Waals surface area contributed by atoms with Crippen molar-refractivity contribution in [1.82, 2.24) is 15.2 Å². The molecule has 25 heavy (non-hydrogen) atoms. The lowest BCUT2D eigenvalue weighted by Gasteiger charge is -2.37. The van der Waals surface area contributed by atoms with E-state index in [-0.39, 0.29) is 10.7 Å². The Labute approximate surface area is 152 Å². The standard InChI is InChI=1S/C18H23ClN4O2/c1-10-6-11(2)14(12(3)7-10)9-17-20-18(22-21-17)13-4-5-15(19)16(8-13)23(24)25/h4-5,8,10-12,14H,6-7,9H2,1-3H3,(H,20,21,22). The molecule has 2 aromatic rings. The van der Waals surface area contributed by atoms with Gasteiger partial charge in [-0.3, -0.25) is 15.2 Å². The Kier molecular flexibility index (Phi) is 5.08. The van der Waals surface area contributed by atoms with E-state index in [1.807, 2.05) is 0 Å². The second-order valence-electron chi connectivity index (χ2n) is 7.43. The van der Waals surface area contributed by atoms with Crippen molar-refractivity contribution in [2.24, 2.45) is 23.7 Å². The Morgan fingerprint density at radius 1 is 1.28 bits per heavy atom. The number of halogens is 1. The molecule has 2 unspecified atom stereocenters. The highest BCUT2D eigenvalue weighted by Gasteiger charge is 2.32. The van der Waals surface area contributed by atoms with Crippen molar-refractivity contribution in [1.29, 1.82) is 0 Å². The number of aromatic nitrogens is 3. The van der Waals surface area contributed by atoms with Crippen LogP contribution in [0.3, 0.4) is 0 Å². The van der Waals surface area contributed by atoms with Crippen LogP contribution in [0.2, 0.25) is 5.02 Å². The van der Waals surface area contributed by atoms with Crippen molar-refractivity contribution in [2.45, 2.75) is 40.0 Å². The summed E-state index contributed by atoms with van der Waals surface area (Å²) in [5.74, 6) is 3.98. The summed E-state index contributed by atoms with van der Waals surface area (Å²) in [6, 6.07) is 4.64. The summed E-state index contributed by atoms with van der Waals surface area (Å²) in [6.07, 6.45) is 3.36. The Hall–Kier alpha value is -1.95. The van der Waals surface area contributed by atoms with Crippen LogP contribution in [-0.4, -0.2) is 20.1 Å². The highest BCUT2D eigenvalue weighted by atomic mass is 35.5. The predicted molar refractivity (Wildman–Crippen MR) is 97.4 cm³/mol. The summed E-state index contributed by atoms with van der Waals surface area (Å²) in [5.41, 5.74) is 0.464. The number of aromatic amines is 1. The number of hydrogen-bond donors (Lipinski definition) is 1. The van der Waals surface area contributed by atoms with Gasteiger partial charge in [-0.05, 0) is 48.6 Å². The van der Waals surface area contributed by atoms with E-state index < -0.39 is 4.92 Å². The van der Waals surface area contributed by atoms with Crippen LogP contribution in [0.5, 0.6) is 0 Å². The Balaban J connectivity index is 1.79. The summed E-state index contributed by atoms with van der Waals surface area (Å²) >= 11 is 5.87. The maximum Gasteiger partial charge on any atom is 0.288 e. The van der Waals surface area contributed by atoms with Crippen molar-refractivity contribution in [2.75, 3.05) is 0 Å². The van der Waals surface area contributed by atoms with Gasteiger partial charge in [0.15, 0.2) is 5.82 Å². The molecule has 1 aliphatic carbocycles. The monoisotopic (exact) mass is 362 g/mol. The van der Waals surface area contributed by atoms with Gasteiger partial charge in [-0.25, -0.2) is 4.98 Å². The van der Waals surface area contributed by atoms with E-state index in [4.69, 9.17) is 11.6 Å². The van der Waals surface area contributed by atoms with E-state index in [0.29, 0.717) is 29.1 Å². The largest absolute Gasteiger partial charge is 0.288 e. The van der Waals surface area contributed by atoms with Crippen LogP contribution in [0.4, 0.5) is 5.69 Å². The van der Waals surface area contributed by atoms with Gasteiger partial charge in [-0.15, -0.1) is 0 Å². The molecule has 0 bridgehead atoms. The Bertz CT molecular complexity index is 764. The molecule has 7 heteroatoms. The van der Waals surface area contributed by atoms with Crippen LogP contribution in [0.15, 0.2) is 18.2 Å². The molecule has 0 saturated heterocycles. The first-order valence-electron chi connectivity index (χ1n) is 8.70. The van der Waals surface area contributed by atoms with Gasteiger partial charge in [0.1, 0.15) is 10.8 Å². The highest BCUT2D eigenvalue weighted by Crippen LogP contribution is 2.39. The van der Waals surface area contributed by atoms with Gasteiger partial charge in [-0.1, -0.05) is 32.4 Å². The Morgan fingerprint density at radius 2 is 1.96 bits per heavy atom. The van der Waals surface area contributed by atoms with Crippen LogP contribution < -0.4 is 0 Å². The second kappa shape index (κ2) is 7.12. The van der Waals surface area contributed by atoms with Crippen LogP contribution in [-0.2, 0) is 6.42 Å². The van der Waals surface area contributed by atoms with Crippen LogP contribution >= 0.6 is 11.6 Å². The van der Waals surface area contributed by atoms with E-state index in [1.165, 1.54) is 25.0 Å². The molecule has 3 rings (SSSR count). The molecule has 6 nitrogen and oxygen atoms in total. The third-order valence-electron chi connectivity index (χ3n) is 5.37. The minimum absolute atomic E-state index is 0.114. The first kappa shape index (κ1) is 17.9. The van der Waals surface area contributed by atoms with Crippen LogP contribution in [0.1, 0.15) is 39.4 Å². The maximum absolute atomic E-state index is 11.0. The molecule has 1 N–H and O–H groups in total. The molecule has 1 heterocycles. The van der Waals surface area contributed by atoms with E-state index >= 15 is 0 Å². The van der Waals surface area contributed by atoms with Gasteiger partial charge in [0.2, 0.25) is 0 Å². The fourth-order valence-electron chi connectivity index (χ4n) is 4.21. The average molecular weight is 363 g/mol. The first-order valence-corrected chi connectivity index (χ1v) is 9.08. The summed E-state index contributed by atoms with van der Waals surface area (Å²) in [7, 11) is 0. The molecular weight excluding hydrogens is 340 g/mol. The number of nitrogens with one attached hydrogen (secondary N) is 1. The van der Waals surface area contributed by atoms with Gasteiger partial charge in [0, 0.05) is 18.1 Å². The summed E-state index contributed by atoms with van der Waals surface area (Å²) in [5, 5.41) is 18.4. The van der Waals surface area contributed by atoms with Gasteiger partial charge in [0.25, 0.3) is 5.69 Å². The first-order chi connectivity index (χ1) is 11.8. The maximum atomic E-state index is 11.0. The van der Waals surface area contributed by atoms with Crippen molar-refractivity contribution in [3.05, 3.63) is 39.2 Å². The number of nitro groups is 1. The lowest BCUT2D eigenvalue weighted by Crippen LogP contribution is -2.30. The van der Waals surface area contributed by atoms with Crippen LogP contribution in [0, 0.1) is 33.8 Å². The third kappa shape index (κ3) is 3.84. The van der Waals surface area contributed by atoms with Crippen molar-refractivity contribution in [3.8, 4) is 11.4 Å². The number of nitro benzene ring substituents is 1. The molecule has 134 valence electrons. The SMILES string of the molecule is CC1CC(C)C(Cc2nc(-c3ccc(Cl)c([N+](=O)[O-])c3)n[nH]2)C(C)C1. The molecule has 0 aliphatic heterocycles. The fourth-order valence-corrected chi connectivity index (χ4v) is 4.40. The van der Waals surface area contributed by atoms with Gasteiger partial charge >= 0.3 is 0 Å². The molecule has 1 aliphatic rings. The minimum atomic E-state index is -0.494. The Morgan fingerprint density at radius 3 is 2.60 bits per heavy atom. The van der Waals surface area contributed by atoms with E-state index in [1.54, 1.807) is 6.07 Å². The number of nitrogens with zero attached hydrogens (tertiary/aromatic N) is 3. The topological polar surface area (TPSA) is 84.7 Å². The predicted octanol–water partition coefficient (Wildman–Crippen LogP) is 4.89. The molecule has 2 atom stereocenters.